The van der Waals surface area contributed by atoms with Crippen molar-refractivity contribution in [2.45, 2.75) is 25.8 Å². The molecule has 98 valence electrons. The zero-order valence-electron chi connectivity index (χ0n) is 9.87. The molecule has 0 aliphatic rings. The molecule has 1 rings (SSSR count). The zero-order valence-corrected chi connectivity index (χ0v) is 11.4. The van der Waals surface area contributed by atoms with Gasteiger partial charge in [-0.3, -0.25) is 4.79 Å². The summed E-state index contributed by atoms with van der Waals surface area (Å²) in [5.41, 5.74) is 5.27. The van der Waals surface area contributed by atoms with E-state index in [1.54, 1.807) is 0 Å². The Morgan fingerprint density at radius 1 is 1.61 bits per heavy atom. The third-order valence-electron chi connectivity index (χ3n) is 2.47. The minimum Gasteiger partial charge on any atom is -0.393 e. The van der Waals surface area contributed by atoms with E-state index in [0.717, 1.165) is 0 Å². The molecule has 3 N–H and O–H groups in total. The van der Waals surface area contributed by atoms with Gasteiger partial charge in [-0.05, 0) is 18.6 Å². The summed E-state index contributed by atoms with van der Waals surface area (Å²) in [6.07, 6.45) is 1.03. The number of rotatable bonds is 5. The number of carbonyl (C=O) groups is 1. The summed E-state index contributed by atoms with van der Waals surface area (Å²) in [5, 5.41) is 2.75. The first-order valence-electron chi connectivity index (χ1n) is 5.48. The van der Waals surface area contributed by atoms with E-state index in [4.69, 9.17) is 29.6 Å². The Kier molecular flexibility index (Phi) is 5.50. The van der Waals surface area contributed by atoms with Gasteiger partial charge in [-0.25, -0.2) is 4.39 Å². The summed E-state index contributed by atoms with van der Waals surface area (Å²) < 4.78 is 13.5. The van der Waals surface area contributed by atoms with Crippen LogP contribution in [0, 0.1) is 5.82 Å². The molecule has 0 spiro atoms. The topological polar surface area (TPSA) is 55.1 Å². The van der Waals surface area contributed by atoms with Gasteiger partial charge in [0, 0.05) is 12.5 Å². The molecule has 1 aromatic rings. The van der Waals surface area contributed by atoms with Crippen molar-refractivity contribution in [3.63, 3.8) is 0 Å². The molecular formula is C12H14ClFN2OS. The summed E-state index contributed by atoms with van der Waals surface area (Å²) in [5.74, 6) is -1.20. The average Bonchev–Trinajstić information content (AvgIpc) is 2.27. The molecule has 0 bridgehead atoms. The molecule has 1 atom stereocenters. The summed E-state index contributed by atoms with van der Waals surface area (Å²) in [6, 6.07) is 3.88. The molecule has 6 heteroatoms. The van der Waals surface area contributed by atoms with Crippen molar-refractivity contribution in [1.29, 1.82) is 0 Å². The van der Waals surface area contributed by atoms with E-state index in [0.29, 0.717) is 17.8 Å². The third kappa shape index (κ3) is 3.92. The summed E-state index contributed by atoms with van der Waals surface area (Å²) >= 11 is 10.6. The summed E-state index contributed by atoms with van der Waals surface area (Å²) in [4.78, 5) is 12.2. The highest BCUT2D eigenvalue weighted by atomic mass is 35.5. The minimum absolute atomic E-state index is 0.0812. The fourth-order valence-corrected chi connectivity index (χ4v) is 1.96. The molecule has 3 nitrogen and oxygen atoms in total. The van der Waals surface area contributed by atoms with Crippen LogP contribution in [0.3, 0.4) is 0 Å². The molecule has 1 aromatic carbocycles. The second-order valence-electron chi connectivity index (χ2n) is 3.85. The van der Waals surface area contributed by atoms with Crippen LogP contribution in [-0.4, -0.2) is 16.9 Å². The van der Waals surface area contributed by atoms with Crippen molar-refractivity contribution in [1.82, 2.24) is 5.32 Å². The van der Waals surface area contributed by atoms with E-state index in [1.165, 1.54) is 18.2 Å². The SMILES string of the molecule is CCC(CC(N)=S)NC(=O)c1c(F)cccc1Cl. The summed E-state index contributed by atoms with van der Waals surface area (Å²) in [7, 11) is 0. The Morgan fingerprint density at radius 3 is 2.78 bits per heavy atom. The minimum atomic E-state index is -0.648. The Hall–Kier alpha value is -1.20. The molecule has 0 saturated heterocycles. The molecule has 0 aromatic heterocycles. The van der Waals surface area contributed by atoms with Crippen LogP contribution in [0.25, 0.3) is 0 Å². The van der Waals surface area contributed by atoms with Gasteiger partial charge in [0.25, 0.3) is 5.91 Å². The number of hydrogen-bond acceptors (Lipinski definition) is 2. The lowest BCUT2D eigenvalue weighted by Crippen LogP contribution is -2.37. The molecular weight excluding hydrogens is 275 g/mol. The maximum Gasteiger partial charge on any atom is 0.256 e. The Morgan fingerprint density at radius 2 is 2.28 bits per heavy atom. The Balaban J connectivity index is 2.84. The van der Waals surface area contributed by atoms with Gasteiger partial charge in [-0.15, -0.1) is 0 Å². The van der Waals surface area contributed by atoms with E-state index >= 15 is 0 Å². The van der Waals surface area contributed by atoms with Gasteiger partial charge < -0.3 is 11.1 Å². The maximum absolute atomic E-state index is 13.5. The number of amides is 1. The van der Waals surface area contributed by atoms with Crippen molar-refractivity contribution in [3.05, 3.63) is 34.6 Å². The van der Waals surface area contributed by atoms with Crippen molar-refractivity contribution in [2.24, 2.45) is 5.73 Å². The van der Waals surface area contributed by atoms with E-state index in [1.807, 2.05) is 6.92 Å². The number of nitrogens with two attached hydrogens (primary N) is 1. The highest BCUT2D eigenvalue weighted by Gasteiger charge is 2.18. The molecule has 1 amide bonds. The van der Waals surface area contributed by atoms with Gasteiger partial charge >= 0.3 is 0 Å². The lowest BCUT2D eigenvalue weighted by molar-refractivity contribution is 0.0933. The fourth-order valence-electron chi connectivity index (χ4n) is 1.51. The van der Waals surface area contributed by atoms with E-state index in [2.05, 4.69) is 5.32 Å². The van der Waals surface area contributed by atoms with Gasteiger partial charge in [-0.1, -0.05) is 36.8 Å². The largest absolute Gasteiger partial charge is 0.393 e. The van der Waals surface area contributed by atoms with E-state index < -0.39 is 11.7 Å². The lowest BCUT2D eigenvalue weighted by atomic mass is 10.1. The molecule has 0 aliphatic heterocycles. The molecule has 0 saturated carbocycles. The Bertz CT molecular complexity index is 447. The molecule has 0 aliphatic carbocycles. The second kappa shape index (κ2) is 6.66. The molecule has 1 unspecified atom stereocenters. The Labute approximate surface area is 115 Å². The predicted molar refractivity (Wildman–Crippen MR) is 74.4 cm³/mol. The average molecular weight is 289 g/mol. The molecule has 0 heterocycles. The first-order chi connectivity index (χ1) is 8.45. The van der Waals surface area contributed by atoms with Crippen LogP contribution >= 0.6 is 23.8 Å². The van der Waals surface area contributed by atoms with Crippen LogP contribution in [-0.2, 0) is 0 Å². The van der Waals surface area contributed by atoms with Gasteiger partial charge in [0.1, 0.15) is 5.82 Å². The normalized spacial score (nSPS) is 11.9. The van der Waals surface area contributed by atoms with Crippen LogP contribution in [0.5, 0.6) is 0 Å². The third-order valence-corrected chi connectivity index (χ3v) is 2.95. The number of nitrogens with one attached hydrogen (secondary N) is 1. The fraction of sp³-hybridized carbons (Fsp3) is 0.333. The smallest absolute Gasteiger partial charge is 0.256 e. The first-order valence-corrected chi connectivity index (χ1v) is 6.27. The second-order valence-corrected chi connectivity index (χ2v) is 4.78. The zero-order chi connectivity index (χ0) is 13.7. The van der Waals surface area contributed by atoms with Crippen molar-refractivity contribution in [3.8, 4) is 0 Å². The molecule has 0 radical (unpaired) electrons. The molecule has 0 fully saturated rings. The first kappa shape index (κ1) is 14.9. The predicted octanol–water partition coefficient (Wildman–Crippen LogP) is 2.66. The van der Waals surface area contributed by atoms with Crippen LogP contribution in [0.15, 0.2) is 18.2 Å². The number of thiocarbonyl (C=S) groups is 1. The van der Waals surface area contributed by atoms with E-state index in [-0.39, 0.29) is 16.6 Å². The van der Waals surface area contributed by atoms with Crippen LogP contribution < -0.4 is 11.1 Å². The highest BCUT2D eigenvalue weighted by Crippen LogP contribution is 2.19. The van der Waals surface area contributed by atoms with Crippen molar-refractivity contribution < 1.29 is 9.18 Å². The number of benzene rings is 1. The summed E-state index contributed by atoms with van der Waals surface area (Å²) in [6.45, 7) is 1.88. The standard InChI is InChI=1S/C12H14ClFN2OS/c1-2-7(6-10(15)18)16-12(17)11-8(13)4-3-5-9(11)14/h3-5,7H,2,6H2,1H3,(H2,15,18)(H,16,17). The number of halogens is 2. The van der Waals surface area contributed by atoms with Gasteiger partial charge in [0.2, 0.25) is 0 Å². The quantitative estimate of drug-likeness (QED) is 0.819. The van der Waals surface area contributed by atoms with Crippen molar-refractivity contribution in [2.75, 3.05) is 0 Å². The highest BCUT2D eigenvalue weighted by molar-refractivity contribution is 7.80. The van der Waals surface area contributed by atoms with E-state index in [9.17, 15) is 9.18 Å². The number of carbonyl (C=O) groups excluding carboxylic acids is 1. The van der Waals surface area contributed by atoms with Crippen LogP contribution in [0.4, 0.5) is 4.39 Å². The van der Waals surface area contributed by atoms with Crippen molar-refractivity contribution >= 4 is 34.7 Å². The van der Waals surface area contributed by atoms with Crippen LogP contribution in [0.1, 0.15) is 30.1 Å². The van der Waals surface area contributed by atoms with Gasteiger partial charge in [0.15, 0.2) is 0 Å². The maximum atomic E-state index is 13.5. The monoisotopic (exact) mass is 288 g/mol. The van der Waals surface area contributed by atoms with Gasteiger partial charge in [0.05, 0.1) is 15.6 Å². The van der Waals surface area contributed by atoms with Gasteiger partial charge in [-0.2, -0.15) is 0 Å². The van der Waals surface area contributed by atoms with Crippen LogP contribution in [0.2, 0.25) is 5.02 Å². The molecule has 18 heavy (non-hydrogen) atoms. The number of hydrogen-bond donors (Lipinski definition) is 2. The lowest BCUT2D eigenvalue weighted by Gasteiger charge is -2.16.